The van der Waals surface area contributed by atoms with Crippen molar-refractivity contribution in [2.45, 2.75) is 0 Å². The van der Waals surface area contributed by atoms with Crippen molar-refractivity contribution >= 4 is 58.3 Å². The summed E-state index contributed by atoms with van der Waals surface area (Å²) in [6.45, 7) is 0. The number of carbonyl (C=O) groups is 2. The number of thiophene rings is 1. The minimum atomic E-state index is -0.881. The number of carbonyl (C=O) groups excluding carboxylic acids is 2. The summed E-state index contributed by atoms with van der Waals surface area (Å²) >= 11 is 13.0. The van der Waals surface area contributed by atoms with Crippen molar-refractivity contribution in [1.82, 2.24) is 5.43 Å². The Hall–Kier alpha value is -1.89. The van der Waals surface area contributed by atoms with Gasteiger partial charge in [-0.15, -0.1) is 11.3 Å². The summed E-state index contributed by atoms with van der Waals surface area (Å²) < 4.78 is 0. The summed E-state index contributed by atoms with van der Waals surface area (Å²) in [6, 6.07) is 8.19. The van der Waals surface area contributed by atoms with E-state index in [0.29, 0.717) is 10.7 Å². The molecule has 0 unspecified atom stereocenters. The maximum absolute atomic E-state index is 11.6. The number of hydrogen-bond acceptors (Lipinski definition) is 4. The van der Waals surface area contributed by atoms with Crippen molar-refractivity contribution in [2.75, 3.05) is 5.32 Å². The highest BCUT2D eigenvalue weighted by atomic mass is 35.5. The standard InChI is InChI=1S/C13H9Cl2N3O2S/c14-10-4-3-8(6-11(10)15)17-12(19)13(20)18-16-7-9-2-1-5-21-9/h1-7H,(H,17,19)(H,18,20). The summed E-state index contributed by atoms with van der Waals surface area (Å²) in [7, 11) is 0. The van der Waals surface area contributed by atoms with E-state index in [1.165, 1.54) is 35.8 Å². The van der Waals surface area contributed by atoms with Crippen LogP contribution in [0.1, 0.15) is 4.88 Å². The van der Waals surface area contributed by atoms with E-state index < -0.39 is 11.8 Å². The molecule has 0 atom stereocenters. The van der Waals surface area contributed by atoms with E-state index >= 15 is 0 Å². The molecule has 0 fully saturated rings. The maximum atomic E-state index is 11.6. The lowest BCUT2D eigenvalue weighted by Gasteiger charge is -2.04. The normalized spacial score (nSPS) is 10.6. The van der Waals surface area contributed by atoms with Crippen LogP contribution in [-0.4, -0.2) is 18.0 Å². The van der Waals surface area contributed by atoms with Gasteiger partial charge in [0.2, 0.25) is 0 Å². The van der Waals surface area contributed by atoms with Crippen LogP contribution in [0.15, 0.2) is 40.8 Å². The molecule has 0 aliphatic rings. The number of benzene rings is 1. The van der Waals surface area contributed by atoms with Gasteiger partial charge in [0.1, 0.15) is 0 Å². The molecular formula is C13H9Cl2N3O2S. The molecule has 2 aromatic rings. The molecule has 0 saturated carbocycles. The molecule has 1 aromatic carbocycles. The van der Waals surface area contributed by atoms with E-state index in [-0.39, 0.29) is 5.02 Å². The van der Waals surface area contributed by atoms with Crippen LogP contribution in [0.2, 0.25) is 10.0 Å². The number of amides is 2. The third kappa shape index (κ3) is 4.56. The monoisotopic (exact) mass is 341 g/mol. The Morgan fingerprint density at radius 1 is 1.14 bits per heavy atom. The van der Waals surface area contributed by atoms with Crippen LogP contribution >= 0.6 is 34.5 Å². The van der Waals surface area contributed by atoms with Gasteiger partial charge in [-0.1, -0.05) is 29.3 Å². The van der Waals surface area contributed by atoms with Gasteiger partial charge in [0.25, 0.3) is 0 Å². The second-order valence-corrected chi connectivity index (χ2v) is 5.59. The molecule has 108 valence electrons. The average molecular weight is 342 g/mol. The summed E-state index contributed by atoms with van der Waals surface area (Å²) in [5, 5.41) is 8.59. The van der Waals surface area contributed by atoms with Crippen molar-refractivity contribution in [2.24, 2.45) is 5.10 Å². The van der Waals surface area contributed by atoms with Crippen LogP contribution in [0.25, 0.3) is 0 Å². The molecule has 0 aliphatic carbocycles. The first-order chi connectivity index (χ1) is 10.1. The smallest absolute Gasteiger partial charge is 0.318 e. The molecule has 21 heavy (non-hydrogen) atoms. The minimum absolute atomic E-state index is 0.283. The van der Waals surface area contributed by atoms with Crippen LogP contribution in [0, 0.1) is 0 Å². The number of nitrogens with one attached hydrogen (secondary N) is 2. The lowest BCUT2D eigenvalue weighted by atomic mass is 10.3. The number of hydrazone groups is 1. The van der Waals surface area contributed by atoms with Crippen molar-refractivity contribution < 1.29 is 9.59 Å². The van der Waals surface area contributed by atoms with Crippen molar-refractivity contribution in [3.63, 3.8) is 0 Å². The molecule has 8 heteroatoms. The number of nitrogens with zero attached hydrogens (tertiary/aromatic N) is 1. The fourth-order valence-electron chi connectivity index (χ4n) is 1.33. The zero-order valence-electron chi connectivity index (χ0n) is 10.5. The maximum Gasteiger partial charge on any atom is 0.329 e. The fraction of sp³-hybridized carbons (Fsp3) is 0. The summed E-state index contributed by atoms with van der Waals surface area (Å²) in [5.74, 6) is -1.73. The third-order valence-electron chi connectivity index (χ3n) is 2.28. The van der Waals surface area contributed by atoms with Crippen LogP contribution in [0.4, 0.5) is 5.69 Å². The highest BCUT2D eigenvalue weighted by molar-refractivity contribution is 7.11. The summed E-state index contributed by atoms with van der Waals surface area (Å²) in [4.78, 5) is 24.0. The Balaban J connectivity index is 1.90. The highest BCUT2D eigenvalue weighted by Crippen LogP contribution is 2.24. The van der Waals surface area contributed by atoms with Crippen molar-refractivity contribution in [3.05, 3.63) is 50.6 Å². The van der Waals surface area contributed by atoms with Gasteiger partial charge in [0.05, 0.1) is 16.3 Å². The van der Waals surface area contributed by atoms with Crippen LogP contribution in [-0.2, 0) is 9.59 Å². The van der Waals surface area contributed by atoms with Gasteiger partial charge in [-0.05, 0) is 29.6 Å². The Morgan fingerprint density at radius 3 is 2.62 bits per heavy atom. The van der Waals surface area contributed by atoms with Gasteiger partial charge in [-0.2, -0.15) is 5.10 Å². The lowest BCUT2D eigenvalue weighted by Crippen LogP contribution is -2.32. The van der Waals surface area contributed by atoms with Gasteiger partial charge in [0.15, 0.2) is 0 Å². The molecule has 0 spiro atoms. The predicted molar refractivity (Wildman–Crippen MR) is 85.1 cm³/mol. The van der Waals surface area contributed by atoms with E-state index in [4.69, 9.17) is 23.2 Å². The molecule has 2 rings (SSSR count). The van der Waals surface area contributed by atoms with Gasteiger partial charge >= 0.3 is 11.8 Å². The number of anilines is 1. The molecule has 0 aliphatic heterocycles. The number of halogens is 2. The summed E-state index contributed by atoms with van der Waals surface area (Å²) in [5.41, 5.74) is 2.50. The quantitative estimate of drug-likeness (QED) is 0.511. The lowest BCUT2D eigenvalue weighted by molar-refractivity contribution is -0.136. The van der Waals surface area contributed by atoms with Crippen molar-refractivity contribution in [1.29, 1.82) is 0 Å². The molecule has 0 radical (unpaired) electrons. The Kier molecular flexibility index (Phi) is 5.32. The van der Waals surface area contributed by atoms with Crippen LogP contribution in [0.5, 0.6) is 0 Å². The van der Waals surface area contributed by atoms with E-state index in [1.807, 2.05) is 17.5 Å². The van der Waals surface area contributed by atoms with Crippen LogP contribution in [0.3, 0.4) is 0 Å². The largest absolute Gasteiger partial charge is 0.329 e. The zero-order valence-corrected chi connectivity index (χ0v) is 12.8. The van der Waals surface area contributed by atoms with Gasteiger partial charge < -0.3 is 5.32 Å². The van der Waals surface area contributed by atoms with E-state index in [2.05, 4.69) is 15.8 Å². The highest BCUT2D eigenvalue weighted by Gasteiger charge is 2.13. The Morgan fingerprint density at radius 2 is 1.95 bits per heavy atom. The molecule has 1 heterocycles. The molecule has 0 saturated heterocycles. The van der Waals surface area contributed by atoms with E-state index in [0.717, 1.165) is 4.88 Å². The fourth-order valence-corrected chi connectivity index (χ4v) is 2.21. The first-order valence-electron chi connectivity index (χ1n) is 5.69. The van der Waals surface area contributed by atoms with Crippen molar-refractivity contribution in [3.8, 4) is 0 Å². The molecule has 2 N–H and O–H groups in total. The minimum Gasteiger partial charge on any atom is -0.318 e. The van der Waals surface area contributed by atoms with Crippen LogP contribution < -0.4 is 10.7 Å². The zero-order chi connectivity index (χ0) is 15.2. The Bertz CT molecular complexity index is 687. The number of hydrogen-bond donors (Lipinski definition) is 2. The Labute approximate surface area is 134 Å². The summed E-state index contributed by atoms with van der Waals surface area (Å²) in [6.07, 6.45) is 1.45. The number of rotatable bonds is 3. The van der Waals surface area contributed by atoms with E-state index in [1.54, 1.807) is 0 Å². The SMILES string of the molecule is O=C(NN=Cc1cccs1)C(=O)Nc1ccc(Cl)c(Cl)c1. The second-order valence-electron chi connectivity index (χ2n) is 3.80. The molecule has 2 amide bonds. The molecule has 1 aromatic heterocycles. The van der Waals surface area contributed by atoms with E-state index in [9.17, 15) is 9.59 Å². The van der Waals surface area contributed by atoms with Gasteiger partial charge in [0, 0.05) is 10.6 Å². The van der Waals surface area contributed by atoms with Gasteiger partial charge in [-0.25, -0.2) is 5.43 Å². The second kappa shape index (κ2) is 7.21. The first kappa shape index (κ1) is 15.5. The average Bonchev–Trinajstić information content (AvgIpc) is 2.96. The van der Waals surface area contributed by atoms with Gasteiger partial charge in [-0.3, -0.25) is 9.59 Å². The molecular weight excluding hydrogens is 333 g/mol. The third-order valence-corrected chi connectivity index (χ3v) is 3.83. The topological polar surface area (TPSA) is 70.6 Å². The molecule has 5 nitrogen and oxygen atoms in total. The predicted octanol–water partition coefficient (Wildman–Crippen LogP) is 3.14. The molecule has 0 bridgehead atoms. The first-order valence-corrected chi connectivity index (χ1v) is 7.33.